The Morgan fingerprint density at radius 3 is 2.78 bits per heavy atom. The molecule has 1 amide bonds. The number of rotatable bonds is 7. The van der Waals surface area contributed by atoms with E-state index in [-0.39, 0.29) is 12.5 Å². The molecule has 0 saturated carbocycles. The van der Waals surface area contributed by atoms with E-state index in [1.807, 2.05) is 7.05 Å². The maximum Gasteiger partial charge on any atom is 0.238 e. The number of benzene rings is 1. The average molecular weight is 408 g/mol. The predicted molar refractivity (Wildman–Crippen MR) is 102 cm³/mol. The largest absolute Gasteiger partial charge is 0.486 e. The van der Waals surface area contributed by atoms with Crippen molar-refractivity contribution in [3.8, 4) is 5.75 Å². The predicted octanol–water partition coefficient (Wildman–Crippen LogP) is 3.46. The maximum absolute atomic E-state index is 12.3. The molecule has 0 fully saturated rings. The zero-order valence-corrected chi connectivity index (χ0v) is 16.5. The van der Waals surface area contributed by atoms with Gasteiger partial charge in [0.2, 0.25) is 5.91 Å². The molecule has 10 heteroatoms. The molecule has 1 N–H and O–H groups in total. The van der Waals surface area contributed by atoms with E-state index >= 15 is 0 Å². The number of hydrogen-bond donors (Lipinski definition) is 1. The van der Waals surface area contributed by atoms with Crippen molar-refractivity contribution in [3.05, 3.63) is 46.9 Å². The van der Waals surface area contributed by atoms with Crippen LogP contribution in [0.15, 0.2) is 40.0 Å². The molecule has 0 bridgehead atoms. The minimum Gasteiger partial charge on any atom is -0.486 e. The lowest BCUT2D eigenvalue weighted by molar-refractivity contribution is -0.115. The Kier molecular flexibility index (Phi) is 6.02. The van der Waals surface area contributed by atoms with Gasteiger partial charge in [-0.2, -0.15) is 0 Å². The van der Waals surface area contributed by atoms with Gasteiger partial charge in [-0.05, 0) is 38.1 Å². The van der Waals surface area contributed by atoms with E-state index in [1.165, 1.54) is 11.8 Å². The Morgan fingerprint density at radius 1 is 1.37 bits per heavy atom. The SMILES string of the molecule is Cc1cc(NC(=O)C(C)Sc2nnc(COc3ccc(Cl)cc3)n2C)no1. The van der Waals surface area contributed by atoms with Gasteiger partial charge in [-0.3, -0.25) is 4.79 Å². The molecule has 0 spiro atoms. The topological polar surface area (TPSA) is 95.1 Å². The van der Waals surface area contributed by atoms with E-state index in [4.69, 9.17) is 20.9 Å². The van der Waals surface area contributed by atoms with Crippen LogP contribution in [0.25, 0.3) is 0 Å². The molecule has 8 nitrogen and oxygen atoms in total. The van der Waals surface area contributed by atoms with Crippen molar-refractivity contribution in [2.75, 3.05) is 5.32 Å². The summed E-state index contributed by atoms with van der Waals surface area (Å²) in [6.07, 6.45) is 0. The first kappa shape index (κ1) is 19.2. The lowest BCUT2D eigenvalue weighted by Gasteiger charge is -2.10. The summed E-state index contributed by atoms with van der Waals surface area (Å²) in [7, 11) is 1.83. The van der Waals surface area contributed by atoms with Crippen LogP contribution in [0.5, 0.6) is 5.75 Å². The smallest absolute Gasteiger partial charge is 0.238 e. The van der Waals surface area contributed by atoms with Crippen LogP contribution in [-0.4, -0.2) is 31.1 Å². The number of halogens is 1. The maximum atomic E-state index is 12.3. The fourth-order valence-corrected chi connectivity index (χ4v) is 3.08. The number of anilines is 1. The molecular weight excluding hydrogens is 390 g/mol. The number of aryl methyl sites for hydroxylation is 1. The van der Waals surface area contributed by atoms with E-state index in [9.17, 15) is 4.79 Å². The Morgan fingerprint density at radius 2 is 2.11 bits per heavy atom. The molecule has 27 heavy (non-hydrogen) atoms. The highest BCUT2D eigenvalue weighted by Gasteiger charge is 2.20. The third-order valence-corrected chi connectivity index (χ3v) is 5.02. The molecule has 3 aromatic rings. The second kappa shape index (κ2) is 8.45. The summed E-state index contributed by atoms with van der Waals surface area (Å²) in [6, 6.07) is 8.74. The van der Waals surface area contributed by atoms with Gasteiger partial charge in [0.15, 0.2) is 16.8 Å². The van der Waals surface area contributed by atoms with Crippen LogP contribution in [0.1, 0.15) is 18.5 Å². The number of aromatic nitrogens is 4. The zero-order valence-electron chi connectivity index (χ0n) is 15.0. The van der Waals surface area contributed by atoms with Gasteiger partial charge < -0.3 is 19.1 Å². The number of hydrogen-bond acceptors (Lipinski definition) is 7. The minimum absolute atomic E-state index is 0.199. The first-order valence-corrected chi connectivity index (χ1v) is 9.35. The Hall–Kier alpha value is -2.52. The highest BCUT2D eigenvalue weighted by molar-refractivity contribution is 8.00. The second-order valence-corrected chi connectivity index (χ2v) is 7.52. The molecule has 3 rings (SSSR count). The third kappa shape index (κ3) is 5.01. The van der Waals surface area contributed by atoms with Crippen LogP contribution in [0.2, 0.25) is 5.02 Å². The van der Waals surface area contributed by atoms with Gasteiger partial charge in [0, 0.05) is 18.1 Å². The van der Waals surface area contributed by atoms with E-state index < -0.39 is 5.25 Å². The van der Waals surface area contributed by atoms with Gasteiger partial charge in [-0.15, -0.1) is 10.2 Å². The van der Waals surface area contributed by atoms with Crippen molar-refractivity contribution in [1.82, 2.24) is 19.9 Å². The molecule has 0 radical (unpaired) electrons. The summed E-state index contributed by atoms with van der Waals surface area (Å²) in [5, 5.41) is 15.6. The van der Waals surface area contributed by atoms with Gasteiger partial charge in [-0.25, -0.2) is 0 Å². The highest BCUT2D eigenvalue weighted by atomic mass is 35.5. The van der Waals surface area contributed by atoms with Crippen LogP contribution >= 0.6 is 23.4 Å². The number of nitrogens with one attached hydrogen (secondary N) is 1. The van der Waals surface area contributed by atoms with Gasteiger partial charge >= 0.3 is 0 Å². The fraction of sp³-hybridized carbons (Fsp3) is 0.294. The normalized spacial score (nSPS) is 12.0. The van der Waals surface area contributed by atoms with Gasteiger partial charge in [0.1, 0.15) is 18.1 Å². The molecule has 142 valence electrons. The van der Waals surface area contributed by atoms with Crippen LogP contribution in [0.4, 0.5) is 5.82 Å². The summed E-state index contributed by atoms with van der Waals surface area (Å²) in [5.41, 5.74) is 0. The van der Waals surface area contributed by atoms with E-state index in [1.54, 1.807) is 48.7 Å². The van der Waals surface area contributed by atoms with Gasteiger partial charge in [0.05, 0.1) is 5.25 Å². The number of ether oxygens (including phenoxy) is 1. The van der Waals surface area contributed by atoms with E-state index in [0.717, 1.165) is 0 Å². The zero-order chi connectivity index (χ0) is 19.4. The molecule has 2 heterocycles. The summed E-state index contributed by atoms with van der Waals surface area (Å²) in [4.78, 5) is 12.3. The molecule has 2 aromatic heterocycles. The van der Waals surface area contributed by atoms with Crippen LogP contribution < -0.4 is 10.1 Å². The molecular formula is C17H18ClN5O3S. The molecule has 1 atom stereocenters. The lowest BCUT2D eigenvalue weighted by atomic mass is 10.3. The Balaban J connectivity index is 1.57. The standard InChI is InChI=1S/C17H18ClN5O3S/c1-10-8-14(22-26-10)19-16(24)11(2)27-17-21-20-15(23(17)3)9-25-13-6-4-12(18)5-7-13/h4-8,11H,9H2,1-3H3,(H,19,22,24). The van der Waals surface area contributed by atoms with Crippen LogP contribution in [-0.2, 0) is 18.4 Å². The average Bonchev–Trinajstić information content (AvgIpc) is 3.20. The first-order chi connectivity index (χ1) is 12.9. The van der Waals surface area contributed by atoms with Crippen molar-refractivity contribution in [2.24, 2.45) is 7.05 Å². The Bertz CT molecular complexity index is 925. The Labute approximate surface area is 165 Å². The van der Waals surface area contributed by atoms with Gasteiger partial charge in [-0.1, -0.05) is 28.5 Å². The molecule has 0 aliphatic carbocycles. The number of carbonyl (C=O) groups is 1. The van der Waals surface area contributed by atoms with E-state index in [0.29, 0.717) is 33.3 Å². The van der Waals surface area contributed by atoms with Crippen LogP contribution in [0.3, 0.4) is 0 Å². The van der Waals surface area contributed by atoms with Crippen molar-refractivity contribution in [2.45, 2.75) is 30.9 Å². The number of nitrogens with zero attached hydrogens (tertiary/aromatic N) is 4. The van der Waals surface area contributed by atoms with Gasteiger partial charge in [0.25, 0.3) is 0 Å². The molecule has 1 unspecified atom stereocenters. The molecule has 0 saturated heterocycles. The van der Waals surface area contributed by atoms with Crippen molar-refractivity contribution in [3.63, 3.8) is 0 Å². The number of amides is 1. The number of carbonyl (C=O) groups excluding carboxylic acids is 1. The second-order valence-electron chi connectivity index (χ2n) is 5.77. The lowest BCUT2D eigenvalue weighted by Crippen LogP contribution is -2.23. The number of thioether (sulfide) groups is 1. The summed E-state index contributed by atoms with van der Waals surface area (Å²) in [5.74, 6) is 2.15. The molecule has 1 aromatic carbocycles. The van der Waals surface area contributed by atoms with Crippen LogP contribution in [0, 0.1) is 6.92 Å². The first-order valence-electron chi connectivity index (χ1n) is 8.10. The summed E-state index contributed by atoms with van der Waals surface area (Å²) < 4.78 is 12.4. The van der Waals surface area contributed by atoms with Crippen molar-refractivity contribution in [1.29, 1.82) is 0 Å². The summed E-state index contributed by atoms with van der Waals surface area (Å²) >= 11 is 7.15. The highest BCUT2D eigenvalue weighted by Crippen LogP contribution is 2.23. The summed E-state index contributed by atoms with van der Waals surface area (Å²) in [6.45, 7) is 3.80. The fourth-order valence-electron chi connectivity index (χ4n) is 2.12. The minimum atomic E-state index is -0.394. The molecule has 0 aliphatic rings. The molecule has 0 aliphatic heterocycles. The van der Waals surface area contributed by atoms with E-state index in [2.05, 4.69) is 20.7 Å². The third-order valence-electron chi connectivity index (χ3n) is 3.64. The quantitative estimate of drug-likeness (QED) is 0.599. The van der Waals surface area contributed by atoms with Crippen molar-refractivity contribution < 1.29 is 14.1 Å². The monoisotopic (exact) mass is 407 g/mol. The van der Waals surface area contributed by atoms with Crippen molar-refractivity contribution >= 4 is 35.1 Å².